The molecule has 7 heteroatoms. The number of hydrogen-bond acceptors (Lipinski definition) is 4. The minimum absolute atomic E-state index is 0.0548. The van der Waals surface area contributed by atoms with Crippen molar-refractivity contribution in [2.45, 2.75) is 25.8 Å². The van der Waals surface area contributed by atoms with Gasteiger partial charge in [0.25, 0.3) is 0 Å². The molecule has 0 radical (unpaired) electrons. The number of carbonyl (C=O) groups is 3. The normalized spacial score (nSPS) is 11.7. The molecule has 0 bridgehead atoms. The molecule has 0 spiro atoms. The number of carbonyl (C=O) groups excluding carboxylic acids is 2. The summed E-state index contributed by atoms with van der Waals surface area (Å²) in [5.74, 6) is -0.0778. The van der Waals surface area contributed by atoms with Gasteiger partial charge in [-0.05, 0) is 12.2 Å². The highest BCUT2D eigenvalue weighted by molar-refractivity contribution is 7.99. The third-order valence-electron chi connectivity index (χ3n) is 2.19. The van der Waals surface area contributed by atoms with E-state index < -0.39 is 12.0 Å². The average Bonchev–Trinajstić information content (AvgIpc) is 2.25. The molecule has 2 N–H and O–H groups in total. The number of nitrogens with zero attached hydrogens (tertiary/aromatic N) is 1. The summed E-state index contributed by atoms with van der Waals surface area (Å²) in [5, 5.41) is 11.2. The fourth-order valence-electron chi connectivity index (χ4n) is 1.19. The Labute approximate surface area is 111 Å². The van der Waals surface area contributed by atoms with Crippen molar-refractivity contribution in [3.63, 3.8) is 0 Å². The van der Waals surface area contributed by atoms with E-state index in [0.717, 1.165) is 0 Å². The van der Waals surface area contributed by atoms with E-state index in [9.17, 15) is 14.4 Å². The van der Waals surface area contributed by atoms with Crippen molar-refractivity contribution in [2.24, 2.45) is 0 Å². The van der Waals surface area contributed by atoms with Gasteiger partial charge in [-0.3, -0.25) is 9.59 Å². The van der Waals surface area contributed by atoms with Crippen LogP contribution in [0.3, 0.4) is 0 Å². The van der Waals surface area contributed by atoms with E-state index in [4.69, 9.17) is 5.11 Å². The molecule has 18 heavy (non-hydrogen) atoms. The zero-order chi connectivity index (χ0) is 14.1. The molecule has 0 aliphatic heterocycles. The largest absolute Gasteiger partial charge is 0.480 e. The third kappa shape index (κ3) is 7.94. The molecule has 0 rings (SSSR count). The van der Waals surface area contributed by atoms with Gasteiger partial charge in [0.1, 0.15) is 6.04 Å². The molecule has 0 aromatic carbocycles. The number of aliphatic carboxylic acids is 1. The van der Waals surface area contributed by atoms with Crippen LogP contribution >= 0.6 is 11.8 Å². The van der Waals surface area contributed by atoms with Gasteiger partial charge >= 0.3 is 5.97 Å². The standard InChI is InChI=1S/C11H20N2O4S/c1-8(14)12-9(11(16)17)4-6-18-7-5-10(15)13(2)3/h9H,4-7H2,1-3H3,(H,12,14)(H,16,17). The zero-order valence-electron chi connectivity index (χ0n) is 10.9. The second-order valence-electron chi connectivity index (χ2n) is 4.03. The predicted octanol–water partition coefficient (Wildman–Crippen LogP) is 0.177. The van der Waals surface area contributed by atoms with Gasteiger partial charge in [-0.15, -0.1) is 0 Å². The fraction of sp³-hybridized carbons (Fsp3) is 0.727. The van der Waals surface area contributed by atoms with Crippen LogP contribution < -0.4 is 5.32 Å². The summed E-state index contributed by atoms with van der Waals surface area (Å²) in [6.07, 6.45) is 0.797. The molecule has 0 saturated carbocycles. The molecule has 104 valence electrons. The first-order chi connectivity index (χ1) is 8.34. The lowest BCUT2D eigenvalue weighted by molar-refractivity contribution is -0.141. The van der Waals surface area contributed by atoms with Gasteiger partial charge in [0.15, 0.2) is 0 Å². The maximum absolute atomic E-state index is 11.3. The molecule has 0 aromatic rings. The predicted molar refractivity (Wildman–Crippen MR) is 70.5 cm³/mol. The topological polar surface area (TPSA) is 86.7 Å². The van der Waals surface area contributed by atoms with Crippen LogP contribution in [0.2, 0.25) is 0 Å². The Kier molecular flexibility index (Phi) is 8.19. The van der Waals surface area contributed by atoms with Crippen molar-refractivity contribution in [2.75, 3.05) is 25.6 Å². The van der Waals surface area contributed by atoms with Crippen LogP contribution in [0.1, 0.15) is 19.8 Å². The van der Waals surface area contributed by atoms with Gasteiger partial charge in [-0.25, -0.2) is 4.79 Å². The Balaban J connectivity index is 3.77. The van der Waals surface area contributed by atoms with E-state index in [1.54, 1.807) is 14.1 Å². The number of nitrogens with one attached hydrogen (secondary N) is 1. The van der Waals surface area contributed by atoms with Crippen LogP contribution in [0.4, 0.5) is 0 Å². The molecule has 0 aliphatic carbocycles. The summed E-state index contributed by atoms with van der Waals surface area (Å²) in [4.78, 5) is 34.4. The van der Waals surface area contributed by atoms with Gasteiger partial charge in [-0.2, -0.15) is 11.8 Å². The molecular weight excluding hydrogens is 256 g/mol. The Bertz CT molecular complexity index is 307. The highest BCUT2D eigenvalue weighted by atomic mass is 32.2. The lowest BCUT2D eigenvalue weighted by Crippen LogP contribution is -2.39. The van der Waals surface area contributed by atoms with Crippen LogP contribution in [0.5, 0.6) is 0 Å². The van der Waals surface area contributed by atoms with E-state index in [0.29, 0.717) is 24.3 Å². The average molecular weight is 276 g/mol. The van der Waals surface area contributed by atoms with Crippen LogP contribution in [0.15, 0.2) is 0 Å². The van der Waals surface area contributed by atoms with E-state index in [1.165, 1.54) is 23.6 Å². The first-order valence-corrected chi connectivity index (χ1v) is 6.78. The lowest BCUT2D eigenvalue weighted by atomic mass is 10.2. The molecule has 1 atom stereocenters. The summed E-state index contributed by atoms with van der Waals surface area (Å²) in [6.45, 7) is 1.29. The molecule has 0 fully saturated rings. The maximum Gasteiger partial charge on any atom is 0.326 e. The number of rotatable bonds is 8. The van der Waals surface area contributed by atoms with Crippen molar-refractivity contribution in [3.05, 3.63) is 0 Å². The molecule has 0 aromatic heterocycles. The van der Waals surface area contributed by atoms with Crippen molar-refractivity contribution in [1.82, 2.24) is 10.2 Å². The van der Waals surface area contributed by atoms with E-state index >= 15 is 0 Å². The van der Waals surface area contributed by atoms with Crippen LogP contribution in [0, 0.1) is 0 Å². The van der Waals surface area contributed by atoms with Crippen LogP contribution in [-0.4, -0.2) is 59.4 Å². The smallest absolute Gasteiger partial charge is 0.326 e. The molecule has 0 aliphatic rings. The second-order valence-corrected chi connectivity index (χ2v) is 5.26. The number of carboxylic acids is 1. The molecule has 2 amide bonds. The molecule has 0 saturated heterocycles. The summed E-state index contributed by atoms with van der Waals surface area (Å²) in [7, 11) is 3.40. The Hall–Kier alpha value is -1.24. The Morgan fingerprint density at radius 1 is 1.28 bits per heavy atom. The first kappa shape index (κ1) is 16.8. The molecule has 6 nitrogen and oxygen atoms in total. The van der Waals surface area contributed by atoms with Gasteiger partial charge < -0.3 is 15.3 Å². The van der Waals surface area contributed by atoms with Gasteiger partial charge in [0.05, 0.1) is 0 Å². The molecule has 0 heterocycles. The van der Waals surface area contributed by atoms with Crippen molar-refractivity contribution >= 4 is 29.5 Å². The monoisotopic (exact) mass is 276 g/mol. The number of carboxylic acid groups (broad SMARTS) is 1. The van der Waals surface area contributed by atoms with Gasteiger partial charge in [-0.1, -0.05) is 0 Å². The maximum atomic E-state index is 11.3. The van der Waals surface area contributed by atoms with Gasteiger partial charge in [0.2, 0.25) is 11.8 Å². The summed E-state index contributed by atoms with van der Waals surface area (Å²) < 4.78 is 0. The minimum atomic E-state index is -1.03. The van der Waals surface area contributed by atoms with Crippen LogP contribution in [-0.2, 0) is 14.4 Å². The molecular formula is C11H20N2O4S. The lowest BCUT2D eigenvalue weighted by Gasteiger charge is -2.13. The Morgan fingerprint density at radius 3 is 2.33 bits per heavy atom. The number of amides is 2. The van der Waals surface area contributed by atoms with E-state index in [2.05, 4.69) is 5.32 Å². The van der Waals surface area contributed by atoms with Crippen molar-refractivity contribution < 1.29 is 19.5 Å². The van der Waals surface area contributed by atoms with Crippen molar-refractivity contribution in [1.29, 1.82) is 0 Å². The zero-order valence-corrected chi connectivity index (χ0v) is 11.7. The number of thioether (sulfide) groups is 1. The first-order valence-electron chi connectivity index (χ1n) is 5.62. The SMILES string of the molecule is CC(=O)NC(CCSCCC(=O)N(C)C)C(=O)O. The highest BCUT2D eigenvalue weighted by Crippen LogP contribution is 2.08. The van der Waals surface area contributed by atoms with Crippen molar-refractivity contribution in [3.8, 4) is 0 Å². The highest BCUT2D eigenvalue weighted by Gasteiger charge is 2.17. The molecule has 1 unspecified atom stereocenters. The third-order valence-corrected chi connectivity index (χ3v) is 3.20. The van der Waals surface area contributed by atoms with Crippen LogP contribution in [0.25, 0.3) is 0 Å². The summed E-state index contributed by atoms with van der Waals surface area (Å²) in [5.41, 5.74) is 0. The van der Waals surface area contributed by atoms with Gasteiger partial charge in [0, 0.05) is 33.2 Å². The fourth-order valence-corrected chi connectivity index (χ4v) is 2.11. The van der Waals surface area contributed by atoms with E-state index in [-0.39, 0.29) is 11.8 Å². The summed E-state index contributed by atoms with van der Waals surface area (Å²) in [6, 6.07) is -0.848. The number of hydrogen-bond donors (Lipinski definition) is 2. The minimum Gasteiger partial charge on any atom is -0.480 e. The second kappa shape index (κ2) is 8.79. The Morgan fingerprint density at radius 2 is 1.89 bits per heavy atom. The summed E-state index contributed by atoms with van der Waals surface area (Å²) >= 11 is 1.51. The van der Waals surface area contributed by atoms with E-state index in [1.807, 2.05) is 0 Å². The quantitative estimate of drug-likeness (QED) is 0.617.